The Balaban J connectivity index is 1.41. The lowest BCUT2D eigenvalue weighted by Crippen LogP contribution is -2.50. The van der Waals surface area contributed by atoms with Crippen LogP contribution in [0.25, 0.3) is 11.3 Å². The number of carbonyl (C=O) groups excluding carboxylic acids is 2. The van der Waals surface area contributed by atoms with E-state index in [-0.39, 0.29) is 34.5 Å². The maximum absolute atomic E-state index is 13.9. The fourth-order valence-corrected chi connectivity index (χ4v) is 3.33. The van der Waals surface area contributed by atoms with Crippen LogP contribution >= 0.6 is 0 Å². The van der Waals surface area contributed by atoms with E-state index in [4.69, 9.17) is 4.42 Å². The second kappa shape index (κ2) is 7.87. The molecule has 0 atom stereocenters. The number of piperazine rings is 1. The van der Waals surface area contributed by atoms with Gasteiger partial charge in [0.15, 0.2) is 5.76 Å². The van der Waals surface area contributed by atoms with Gasteiger partial charge in [-0.1, -0.05) is 18.2 Å². The quantitative estimate of drug-likeness (QED) is 0.676. The van der Waals surface area contributed by atoms with Gasteiger partial charge in [-0.3, -0.25) is 9.59 Å². The smallest absolute Gasteiger partial charge is 0.289 e. The summed E-state index contributed by atoms with van der Waals surface area (Å²) < 4.78 is 32.8. The normalized spacial score (nSPS) is 14.1. The first-order valence-electron chi connectivity index (χ1n) is 9.22. The summed E-state index contributed by atoms with van der Waals surface area (Å²) in [6.45, 7) is 1.33. The number of carbonyl (C=O) groups is 2. The van der Waals surface area contributed by atoms with E-state index in [1.807, 2.05) is 0 Å². The molecule has 2 heterocycles. The first-order chi connectivity index (χ1) is 14.0. The highest BCUT2D eigenvalue weighted by Crippen LogP contribution is 2.25. The highest BCUT2D eigenvalue weighted by molar-refractivity contribution is 5.95. The van der Waals surface area contributed by atoms with Crippen LogP contribution in [0.2, 0.25) is 0 Å². The van der Waals surface area contributed by atoms with Gasteiger partial charge in [0.2, 0.25) is 0 Å². The molecule has 2 amide bonds. The first-order valence-corrected chi connectivity index (χ1v) is 9.22. The van der Waals surface area contributed by atoms with Gasteiger partial charge in [-0.25, -0.2) is 8.78 Å². The summed E-state index contributed by atoms with van der Waals surface area (Å²) >= 11 is 0. The highest BCUT2D eigenvalue weighted by Gasteiger charge is 2.27. The number of amides is 2. The molecule has 0 radical (unpaired) electrons. The Bertz CT molecular complexity index is 1060. The molecule has 5 nitrogen and oxygen atoms in total. The number of hydrogen-bond donors (Lipinski definition) is 0. The van der Waals surface area contributed by atoms with Crippen LogP contribution in [-0.2, 0) is 0 Å². The second-order valence-corrected chi connectivity index (χ2v) is 6.74. The SMILES string of the molecule is O=C(c1cccc(F)c1)N1CCN(C(=O)c2ccc(-c3ccccc3F)o2)CC1. The van der Waals surface area contributed by atoms with E-state index in [0.29, 0.717) is 26.2 Å². The zero-order chi connectivity index (χ0) is 20.4. The third-order valence-corrected chi connectivity index (χ3v) is 4.88. The largest absolute Gasteiger partial charge is 0.451 e. The molecule has 148 valence electrons. The Kier molecular flexibility index (Phi) is 5.12. The molecular weight excluding hydrogens is 378 g/mol. The zero-order valence-corrected chi connectivity index (χ0v) is 15.5. The van der Waals surface area contributed by atoms with Crippen molar-refractivity contribution in [3.63, 3.8) is 0 Å². The van der Waals surface area contributed by atoms with E-state index < -0.39 is 11.6 Å². The summed E-state index contributed by atoms with van der Waals surface area (Å²) in [5.74, 6) is -1.07. The van der Waals surface area contributed by atoms with E-state index >= 15 is 0 Å². The summed E-state index contributed by atoms with van der Waals surface area (Å²) in [4.78, 5) is 28.4. The molecule has 1 fully saturated rings. The van der Waals surface area contributed by atoms with Gasteiger partial charge in [0.05, 0.1) is 5.56 Å². The third-order valence-electron chi connectivity index (χ3n) is 4.88. The van der Waals surface area contributed by atoms with Crippen LogP contribution in [0, 0.1) is 11.6 Å². The van der Waals surface area contributed by atoms with E-state index in [1.165, 1.54) is 30.3 Å². The van der Waals surface area contributed by atoms with E-state index in [9.17, 15) is 18.4 Å². The Hall–Kier alpha value is -3.48. The van der Waals surface area contributed by atoms with Crippen LogP contribution in [0.3, 0.4) is 0 Å². The van der Waals surface area contributed by atoms with E-state index in [0.717, 1.165) is 0 Å². The van der Waals surface area contributed by atoms with Crippen molar-refractivity contribution in [1.29, 1.82) is 0 Å². The molecule has 1 aliphatic rings. The molecule has 0 saturated carbocycles. The molecule has 1 saturated heterocycles. The van der Waals surface area contributed by atoms with Gasteiger partial charge in [-0.15, -0.1) is 0 Å². The van der Waals surface area contributed by atoms with Crippen LogP contribution in [0.1, 0.15) is 20.9 Å². The molecule has 1 aliphatic heterocycles. The Morgan fingerprint density at radius 2 is 1.48 bits per heavy atom. The van der Waals surface area contributed by atoms with Crippen molar-refractivity contribution < 1.29 is 22.8 Å². The molecule has 2 aromatic carbocycles. The number of benzene rings is 2. The summed E-state index contributed by atoms with van der Waals surface area (Å²) in [7, 11) is 0. The first kappa shape index (κ1) is 18.9. The minimum Gasteiger partial charge on any atom is -0.451 e. The van der Waals surface area contributed by atoms with Crippen molar-refractivity contribution in [2.24, 2.45) is 0 Å². The van der Waals surface area contributed by atoms with Crippen molar-refractivity contribution in [3.05, 3.63) is 83.6 Å². The summed E-state index contributed by atoms with van der Waals surface area (Å²) in [5, 5.41) is 0. The van der Waals surface area contributed by atoms with Crippen LogP contribution in [0.4, 0.5) is 8.78 Å². The topological polar surface area (TPSA) is 53.8 Å². The maximum atomic E-state index is 13.9. The molecule has 0 N–H and O–H groups in total. The Morgan fingerprint density at radius 1 is 0.793 bits per heavy atom. The van der Waals surface area contributed by atoms with E-state index in [2.05, 4.69) is 0 Å². The van der Waals surface area contributed by atoms with Gasteiger partial charge in [-0.05, 0) is 42.5 Å². The summed E-state index contributed by atoms with van der Waals surface area (Å²) in [6, 6.07) is 14.8. The van der Waals surface area contributed by atoms with Crippen LogP contribution in [0.5, 0.6) is 0 Å². The molecule has 29 heavy (non-hydrogen) atoms. The van der Waals surface area contributed by atoms with Gasteiger partial charge in [0.25, 0.3) is 11.8 Å². The van der Waals surface area contributed by atoms with Crippen molar-refractivity contribution in [2.45, 2.75) is 0 Å². The van der Waals surface area contributed by atoms with Crippen LogP contribution in [-0.4, -0.2) is 47.8 Å². The van der Waals surface area contributed by atoms with Crippen molar-refractivity contribution in [3.8, 4) is 11.3 Å². The Morgan fingerprint density at radius 3 is 2.17 bits per heavy atom. The predicted octanol–water partition coefficient (Wildman–Crippen LogP) is 3.82. The molecule has 0 spiro atoms. The number of hydrogen-bond acceptors (Lipinski definition) is 3. The average molecular weight is 396 g/mol. The average Bonchev–Trinajstić information content (AvgIpc) is 3.23. The van der Waals surface area contributed by atoms with Gasteiger partial charge in [-0.2, -0.15) is 0 Å². The van der Waals surface area contributed by atoms with Crippen molar-refractivity contribution >= 4 is 11.8 Å². The van der Waals surface area contributed by atoms with Gasteiger partial charge in [0.1, 0.15) is 17.4 Å². The minimum absolute atomic E-state index is 0.119. The lowest BCUT2D eigenvalue weighted by Gasteiger charge is -2.34. The second-order valence-electron chi connectivity index (χ2n) is 6.74. The fourth-order valence-electron chi connectivity index (χ4n) is 3.33. The van der Waals surface area contributed by atoms with E-state index in [1.54, 1.807) is 40.1 Å². The van der Waals surface area contributed by atoms with Crippen LogP contribution in [0.15, 0.2) is 65.1 Å². The molecule has 0 unspecified atom stereocenters. The fraction of sp³-hybridized carbons (Fsp3) is 0.182. The number of furan rings is 1. The molecule has 0 aliphatic carbocycles. The summed E-state index contributed by atoms with van der Waals surface area (Å²) in [6.07, 6.45) is 0. The molecule has 7 heteroatoms. The summed E-state index contributed by atoms with van der Waals surface area (Å²) in [5.41, 5.74) is 0.572. The van der Waals surface area contributed by atoms with Gasteiger partial charge in [0, 0.05) is 31.7 Å². The monoisotopic (exact) mass is 396 g/mol. The maximum Gasteiger partial charge on any atom is 0.289 e. The predicted molar refractivity (Wildman–Crippen MR) is 102 cm³/mol. The van der Waals surface area contributed by atoms with Crippen LogP contribution < -0.4 is 0 Å². The molecule has 4 rings (SSSR count). The molecule has 1 aromatic heterocycles. The van der Waals surface area contributed by atoms with Crippen molar-refractivity contribution in [2.75, 3.05) is 26.2 Å². The Labute approximate surface area is 166 Å². The van der Waals surface area contributed by atoms with Crippen molar-refractivity contribution in [1.82, 2.24) is 9.80 Å². The standard InChI is InChI=1S/C22H18F2N2O3/c23-16-5-3-4-15(14-16)21(27)25-10-12-26(13-11-25)22(28)20-9-8-19(29-20)17-6-1-2-7-18(17)24/h1-9,14H,10-13H2. The number of rotatable bonds is 3. The number of halogens is 2. The molecule has 3 aromatic rings. The third kappa shape index (κ3) is 3.89. The molecular formula is C22H18F2N2O3. The minimum atomic E-state index is -0.465. The zero-order valence-electron chi connectivity index (χ0n) is 15.5. The van der Waals surface area contributed by atoms with Gasteiger partial charge >= 0.3 is 0 Å². The lowest BCUT2D eigenvalue weighted by atomic mass is 10.1. The number of nitrogens with zero attached hydrogens (tertiary/aromatic N) is 2. The molecule has 0 bridgehead atoms. The lowest BCUT2D eigenvalue weighted by molar-refractivity contribution is 0.0518. The van der Waals surface area contributed by atoms with Gasteiger partial charge < -0.3 is 14.2 Å². The highest BCUT2D eigenvalue weighted by atomic mass is 19.1.